The summed E-state index contributed by atoms with van der Waals surface area (Å²) in [5.41, 5.74) is -0.0916. The molecule has 1 aromatic rings. The van der Waals surface area contributed by atoms with Crippen molar-refractivity contribution in [3.05, 3.63) is 22.2 Å². The van der Waals surface area contributed by atoms with Crippen molar-refractivity contribution in [2.24, 2.45) is 0 Å². The van der Waals surface area contributed by atoms with E-state index in [0.29, 0.717) is 5.82 Å². The van der Waals surface area contributed by atoms with Gasteiger partial charge in [0.05, 0.1) is 6.10 Å². The standard InChI is InChI=1S/C12H19N3O2/c1-3-17-10-5-4-6-15(8-10)11-7-12(16)14-9(2)13-11/h7,10H,3-6,8H2,1-2H3,(H,13,14,16). The van der Waals surface area contributed by atoms with Crippen LogP contribution in [0.25, 0.3) is 0 Å². The van der Waals surface area contributed by atoms with Crippen molar-refractivity contribution in [2.75, 3.05) is 24.6 Å². The van der Waals surface area contributed by atoms with Gasteiger partial charge in [0, 0.05) is 25.8 Å². The number of aromatic nitrogens is 2. The van der Waals surface area contributed by atoms with Gasteiger partial charge >= 0.3 is 0 Å². The number of rotatable bonds is 3. The number of hydrogen-bond donors (Lipinski definition) is 1. The van der Waals surface area contributed by atoms with Crippen molar-refractivity contribution < 1.29 is 4.74 Å². The summed E-state index contributed by atoms with van der Waals surface area (Å²) in [7, 11) is 0. The van der Waals surface area contributed by atoms with Gasteiger partial charge in [-0.1, -0.05) is 0 Å². The van der Waals surface area contributed by atoms with Gasteiger partial charge in [-0.05, 0) is 26.7 Å². The van der Waals surface area contributed by atoms with Crippen LogP contribution in [0.4, 0.5) is 5.82 Å². The van der Waals surface area contributed by atoms with Crippen molar-refractivity contribution in [1.82, 2.24) is 9.97 Å². The quantitative estimate of drug-likeness (QED) is 0.854. The second kappa shape index (κ2) is 5.31. The molecular formula is C12H19N3O2. The third-order valence-electron chi connectivity index (χ3n) is 2.95. The van der Waals surface area contributed by atoms with E-state index < -0.39 is 0 Å². The lowest BCUT2D eigenvalue weighted by Crippen LogP contribution is -2.40. The van der Waals surface area contributed by atoms with E-state index in [9.17, 15) is 4.79 Å². The molecule has 0 aromatic carbocycles. The monoisotopic (exact) mass is 237 g/mol. The molecule has 2 heterocycles. The third-order valence-corrected chi connectivity index (χ3v) is 2.95. The Morgan fingerprint density at radius 2 is 2.47 bits per heavy atom. The van der Waals surface area contributed by atoms with Crippen molar-refractivity contribution in [3.8, 4) is 0 Å². The molecule has 1 aliphatic heterocycles. The van der Waals surface area contributed by atoms with Crippen LogP contribution in [0.2, 0.25) is 0 Å². The van der Waals surface area contributed by atoms with Crippen molar-refractivity contribution in [3.63, 3.8) is 0 Å². The summed E-state index contributed by atoms with van der Waals surface area (Å²) >= 11 is 0. The largest absolute Gasteiger partial charge is 0.377 e. The topological polar surface area (TPSA) is 58.2 Å². The van der Waals surface area contributed by atoms with E-state index in [4.69, 9.17) is 4.74 Å². The Morgan fingerprint density at radius 1 is 1.65 bits per heavy atom. The van der Waals surface area contributed by atoms with E-state index in [0.717, 1.165) is 38.4 Å². The summed E-state index contributed by atoms with van der Waals surface area (Å²) in [6, 6.07) is 1.56. The number of aromatic amines is 1. The maximum Gasteiger partial charge on any atom is 0.252 e. The summed E-state index contributed by atoms with van der Waals surface area (Å²) in [6.45, 7) is 6.31. The highest BCUT2D eigenvalue weighted by atomic mass is 16.5. The van der Waals surface area contributed by atoms with E-state index >= 15 is 0 Å². The van der Waals surface area contributed by atoms with Crippen molar-refractivity contribution >= 4 is 5.82 Å². The first kappa shape index (κ1) is 12.1. The normalized spacial score (nSPS) is 20.6. The van der Waals surface area contributed by atoms with E-state index in [1.807, 2.05) is 6.92 Å². The Kier molecular flexibility index (Phi) is 3.78. The number of aryl methyl sites for hydroxylation is 1. The summed E-state index contributed by atoms with van der Waals surface area (Å²) in [5.74, 6) is 1.42. The fourth-order valence-electron chi connectivity index (χ4n) is 2.24. The zero-order valence-electron chi connectivity index (χ0n) is 10.4. The van der Waals surface area contributed by atoms with Crippen LogP contribution in [-0.4, -0.2) is 35.8 Å². The summed E-state index contributed by atoms with van der Waals surface area (Å²) in [5, 5.41) is 0. The number of piperidine rings is 1. The molecular weight excluding hydrogens is 218 g/mol. The molecule has 1 aromatic heterocycles. The lowest BCUT2D eigenvalue weighted by Gasteiger charge is -2.33. The highest BCUT2D eigenvalue weighted by molar-refractivity contribution is 5.38. The molecule has 0 radical (unpaired) electrons. The minimum Gasteiger partial charge on any atom is -0.377 e. The molecule has 94 valence electrons. The van der Waals surface area contributed by atoms with E-state index in [-0.39, 0.29) is 11.7 Å². The lowest BCUT2D eigenvalue weighted by molar-refractivity contribution is 0.0525. The van der Waals surface area contributed by atoms with Crippen molar-refractivity contribution in [1.29, 1.82) is 0 Å². The fraction of sp³-hybridized carbons (Fsp3) is 0.667. The van der Waals surface area contributed by atoms with Gasteiger partial charge in [0.2, 0.25) is 0 Å². The minimum atomic E-state index is -0.0916. The number of nitrogens with zero attached hydrogens (tertiary/aromatic N) is 2. The van der Waals surface area contributed by atoms with Gasteiger partial charge < -0.3 is 14.6 Å². The second-order valence-corrected chi connectivity index (χ2v) is 4.35. The molecule has 1 fully saturated rings. The van der Waals surface area contributed by atoms with Crippen LogP contribution in [0.1, 0.15) is 25.6 Å². The zero-order valence-corrected chi connectivity index (χ0v) is 10.4. The number of anilines is 1. The van der Waals surface area contributed by atoms with Gasteiger partial charge in [0.1, 0.15) is 11.6 Å². The van der Waals surface area contributed by atoms with Gasteiger partial charge in [-0.15, -0.1) is 0 Å². The number of nitrogens with one attached hydrogen (secondary N) is 1. The minimum absolute atomic E-state index is 0.0916. The van der Waals surface area contributed by atoms with Crippen LogP contribution in [-0.2, 0) is 4.74 Å². The molecule has 5 heteroatoms. The van der Waals surface area contributed by atoms with Crippen LogP contribution in [0.5, 0.6) is 0 Å². The average molecular weight is 237 g/mol. The van der Waals surface area contributed by atoms with Crippen LogP contribution < -0.4 is 10.5 Å². The van der Waals surface area contributed by atoms with E-state index in [1.54, 1.807) is 13.0 Å². The smallest absolute Gasteiger partial charge is 0.252 e. The highest BCUT2D eigenvalue weighted by Gasteiger charge is 2.21. The van der Waals surface area contributed by atoms with Crippen LogP contribution >= 0.6 is 0 Å². The Morgan fingerprint density at radius 3 is 3.18 bits per heavy atom. The molecule has 1 atom stereocenters. The number of ether oxygens (including phenoxy) is 1. The Hall–Kier alpha value is -1.36. The summed E-state index contributed by atoms with van der Waals surface area (Å²) in [6.07, 6.45) is 2.43. The zero-order chi connectivity index (χ0) is 12.3. The van der Waals surface area contributed by atoms with E-state index in [1.165, 1.54) is 0 Å². The molecule has 1 aliphatic rings. The van der Waals surface area contributed by atoms with Crippen LogP contribution in [0.3, 0.4) is 0 Å². The molecule has 0 bridgehead atoms. The first-order valence-corrected chi connectivity index (χ1v) is 6.13. The van der Waals surface area contributed by atoms with Crippen molar-refractivity contribution in [2.45, 2.75) is 32.8 Å². The SMILES string of the molecule is CCOC1CCCN(c2cc(=O)[nH]c(C)n2)C1. The number of H-pyrrole nitrogens is 1. The molecule has 5 nitrogen and oxygen atoms in total. The lowest BCUT2D eigenvalue weighted by atomic mass is 10.1. The molecule has 1 unspecified atom stereocenters. The fourth-order valence-corrected chi connectivity index (χ4v) is 2.24. The molecule has 0 spiro atoms. The Labute approximate surface area is 101 Å². The molecule has 0 saturated carbocycles. The molecule has 1 N–H and O–H groups in total. The Balaban J connectivity index is 2.13. The second-order valence-electron chi connectivity index (χ2n) is 4.35. The maximum atomic E-state index is 11.4. The maximum absolute atomic E-state index is 11.4. The van der Waals surface area contributed by atoms with Gasteiger partial charge in [-0.2, -0.15) is 0 Å². The van der Waals surface area contributed by atoms with Gasteiger partial charge in [0.25, 0.3) is 5.56 Å². The van der Waals surface area contributed by atoms with Crippen LogP contribution in [0, 0.1) is 6.92 Å². The highest BCUT2D eigenvalue weighted by Crippen LogP contribution is 2.18. The molecule has 0 amide bonds. The average Bonchev–Trinajstić information content (AvgIpc) is 2.28. The van der Waals surface area contributed by atoms with Gasteiger partial charge in [-0.25, -0.2) is 4.98 Å². The molecule has 2 rings (SSSR count). The predicted octanol–water partition coefficient (Wildman–Crippen LogP) is 1.08. The molecule has 0 aliphatic carbocycles. The summed E-state index contributed by atoms with van der Waals surface area (Å²) < 4.78 is 5.64. The first-order valence-electron chi connectivity index (χ1n) is 6.13. The van der Waals surface area contributed by atoms with Gasteiger partial charge in [0.15, 0.2) is 0 Å². The molecule has 17 heavy (non-hydrogen) atoms. The third kappa shape index (κ3) is 3.06. The Bertz CT molecular complexity index is 428. The number of hydrogen-bond acceptors (Lipinski definition) is 4. The predicted molar refractivity (Wildman–Crippen MR) is 66.5 cm³/mol. The molecule has 1 saturated heterocycles. The first-order chi connectivity index (χ1) is 8.19. The van der Waals surface area contributed by atoms with E-state index in [2.05, 4.69) is 14.9 Å². The summed E-state index contributed by atoms with van der Waals surface area (Å²) in [4.78, 5) is 20.6. The van der Waals surface area contributed by atoms with Crippen LogP contribution in [0.15, 0.2) is 10.9 Å². The van der Waals surface area contributed by atoms with Gasteiger partial charge in [-0.3, -0.25) is 4.79 Å².